The highest BCUT2D eigenvalue weighted by Gasteiger charge is 2.18. The Balaban J connectivity index is 1.73. The van der Waals surface area contributed by atoms with Crippen molar-refractivity contribution in [3.8, 4) is 0 Å². The van der Waals surface area contributed by atoms with E-state index in [2.05, 4.69) is 61.5 Å². The zero-order valence-electron chi connectivity index (χ0n) is 17.3. The van der Waals surface area contributed by atoms with Crippen LogP contribution >= 0.6 is 28.4 Å². The van der Waals surface area contributed by atoms with Crippen molar-refractivity contribution in [1.29, 1.82) is 0 Å². The van der Waals surface area contributed by atoms with Crippen LogP contribution < -0.4 is 0 Å². The molecule has 2 atom stereocenters. The fourth-order valence-corrected chi connectivity index (χ4v) is 12.0. The third kappa shape index (κ3) is 9.83. The quantitative estimate of drug-likeness (QED) is 0.165. The van der Waals surface area contributed by atoms with Crippen molar-refractivity contribution in [1.82, 2.24) is 0 Å². The Kier molecular flexibility index (Phi) is 13.1. The molecule has 2 rings (SSSR count). The molecule has 0 bridgehead atoms. The molecule has 1 nitrogen and oxygen atoms in total. The Morgan fingerprint density at radius 3 is 1.79 bits per heavy atom. The molecule has 4 heteroatoms. The summed E-state index contributed by atoms with van der Waals surface area (Å²) in [6, 6.07) is 21.1. The molecule has 2 aromatic rings. The van der Waals surface area contributed by atoms with E-state index in [1.54, 1.807) is 11.4 Å². The monoisotopic (exact) mass is 436 g/mol. The second kappa shape index (κ2) is 15.4. The van der Waals surface area contributed by atoms with Crippen LogP contribution in [0, 0.1) is 0 Å². The zero-order valence-corrected chi connectivity index (χ0v) is 19.9. The molecule has 0 fully saturated rings. The molecule has 0 aromatic heterocycles. The normalized spacial score (nSPS) is 14.0. The maximum atomic E-state index is 11.0. The molecule has 0 radical (unpaired) electrons. The highest BCUT2D eigenvalue weighted by atomic mass is 33.1. The van der Waals surface area contributed by atoms with E-state index in [9.17, 15) is 4.89 Å². The topological polar surface area (TPSA) is 20.2 Å². The predicted octanol–water partition coefficient (Wildman–Crippen LogP) is 8.98. The van der Waals surface area contributed by atoms with Crippen LogP contribution in [0.15, 0.2) is 70.5 Å². The lowest BCUT2D eigenvalue weighted by Gasteiger charge is -2.26. The minimum Gasteiger partial charge on any atom is -0.356 e. The molecule has 1 N–H and O–H groups in total. The van der Waals surface area contributed by atoms with Crippen molar-refractivity contribution in [2.45, 2.75) is 80.9 Å². The predicted molar refractivity (Wildman–Crippen MR) is 132 cm³/mol. The molecule has 0 spiro atoms. The van der Waals surface area contributed by atoms with Gasteiger partial charge >= 0.3 is 0 Å². The minimum absolute atomic E-state index is 0.492. The minimum atomic E-state index is -1.05. The average molecular weight is 437 g/mol. The van der Waals surface area contributed by atoms with E-state index in [1.807, 2.05) is 6.07 Å². The summed E-state index contributed by atoms with van der Waals surface area (Å²) in [6.07, 6.45) is 13.6. The van der Waals surface area contributed by atoms with E-state index in [1.165, 1.54) is 74.0 Å². The van der Waals surface area contributed by atoms with E-state index in [0.717, 1.165) is 5.75 Å². The maximum absolute atomic E-state index is 11.0. The van der Waals surface area contributed by atoms with Crippen molar-refractivity contribution in [2.75, 3.05) is 5.75 Å². The summed E-state index contributed by atoms with van der Waals surface area (Å²) in [5.41, 5.74) is 0. The van der Waals surface area contributed by atoms with Crippen molar-refractivity contribution in [3.05, 3.63) is 60.7 Å². The molecular weight excluding hydrogens is 399 g/mol. The number of unbranched alkanes of at least 4 members (excludes halogenated alkanes) is 9. The summed E-state index contributed by atoms with van der Waals surface area (Å²) in [4.78, 5) is 13.6. The van der Waals surface area contributed by atoms with Gasteiger partial charge in [0.15, 0.2) is 0 Å². The van der Waals surface area contributed by atoms with E-state index < -0.39 is 17.1 Å². The van der Waals surface area contributed by atoms with Gasteiger partial charge in [-0.25, -0.2) is 0 Å². The van der Waals surface area contributed by atoms with Crippen LogP contribution in [-0.2, 0) is 0 Å². The number of rotatable bonds is 15. The van der Waals surface area contributed by atoms with Gasteiger partial charge in [-0.3, -0.25) is 0 Å². The van der Waals surface area contributed by atoms with E-state index in [-0.39, 0.29) is 0 Å². The molecule has 0 aliphatic carbocycles. The molecule has 0 amide bonds. The Morgan fingerprint density at radius 2 is 1.21 bits per heavy atom. The average Bonchev–Trinajstić information content (AvgIpc) is 2.73. The van der Waals surface area contributed by atoms with Gasteiger partial charge in [0.1, 0.15) is 6.55 Å². The van der Waals surface area contributed by atoms with Crippen molar-refractivity contribution >= 4 is 28.4 Å². The van der Waals surface area contributed by atoms with Crippen LogP contribution in [0.1, 0.15) is 71.1 Å². The largest absolute Gasteiger partial charge is 0.356 e. The Labute approximate surface area is 180 Å². The van der Waals surface area contributed by atoms with Crippen LogP contribution in [0.3, 0.4) is 0 Å². The summed E-state index contributed by atoms with van der Waals surface area (Å²) in [6.45, 7) is 1.23. The van der Waals surface area contributed by atoms with Crippen molar-refractivity contribution < 1.29 is 4.89 Å². The molecule has 0 aliphatic heterocycles. The summed E-state index contributed by atoms with van der Waals surface area (Å²) < 4.78 is 0. The van der Waals surface area contributed by atoms with Gasteiger partial charge < -0.3 is 4.89 Å². The van der Waals surface area contributed by atoms with Crippen LogP contribution in [0.2, 0.25) is 0 Å². The molecule has 28 heavy (non-hydrogen) atoms. The highest BCUT2D eigenvalue weighted by Crippen LogP contribution is 2.72. The third-order valence-corrected chi connectivity index (χ3v) is 13.8. The molecule has 0 saturated carbocycles. The fourth-order valence-electron chi connectivity index (χ4n) is 3.29. The van der Waals surface area contributed by atoms with Gasteiger partial charge in [-0.1, -0.05) is 112 Å². The molecular formula is C24H37OPS2. The summed E-state index contributed by atoms with van der Waals surface area (Å²) >= 11 is 1.68. The maximum Gasteiger partial charge on any atom is 0.137 e. The lowest BCUT2D eigenvalue weighted by atomic mass is 10.1. The van der Waals surface area contributed by atoms with Gasteiger partial charge in [-0.2, -0.15) is 10.5 Å². The third-order valence-electron chi connectivity index (χ3n) is 4.91. The summed E-state index contributed by atoms with van der Waals surface area (Å²) in [7, 11) is -0.492. The number of hydrogen-bond acceptors (Lipinski definition) is 2. The van der Waals surface area contributed by atoms with Gasteiger partial charge in [-0.15, -0.1) is 0 Å². The Morgan fingerprint density at radius 1 is 0.714 bits per heavy atom. The van der Waals surface area contributed by atoms with Crippen molar-refractivity contribution in [3.63, 3.8) is 0 Å². The highest BCUT2D eigenvalue weighted by molar-refractivity contribution is 8.92. The van der Waals surface area contributed by atoms with Crippen LogP contribution in [0.5, 0.6) is 0 Å². The molecule has 2 unspecified atom stereocenters. The molecule has 156 valence electrons. The first-order valence-corrected chi connectivity index (χ1v) is 15.8. The van der Waals surface area contributed by atoms with Gasteiger partial charge in [0, 0.05) is 4.90 Å². The number of hydrogen-bond donors (Lipinski definition) is 2. The lowest BCUT2D eigenvalue weighted by molar-refractivity contribution is 0.563. The zero-order chi connectivity index (χ0) is 19.9. The van der Waals surface area contributed by atoms with Gasteiger partial charge in [0.25, 0.3) is 0 Å². The number of thiol groups is 1. The second-order valence-corrected chi connectivity index (χ2v) is 15.2. The van der Waals surface area contributed by atoms with Crippen LogP contribution in [-0.4, -0.2) is 10.6 Å². The molecule has 0 heterocycles. The van der Waals surface area contributed by atoms with E-state index in [4.69, 9.17) is 0 Å². The molecule has 0 saturated heterocycles. The molecule has 0 aliphatic rings. The first-order valence-electron chi connectivity index (χ1n) is 10.9. The first kappa shape index (κ1) is 23.8. The van der Waals surface area contributed by atoms with Gasteiger partial charge in [0.2, 0.25) is 0 Å². The van der Waals surface area contributed by atoms with Gasteiger partial charge in [0.05, 0.1) is 0 Å². The summed E-state index contributed by atoms with van der Waals surface area (Å²) in [5.74, 6) is 1.15. The molecule has 2 aromatic carbocycles. The van der Waals surface area contributed by atoms with E-state index in [0.29, 0.717) is 0 Å². The Hall–Kier alpha value is -0.470. The lowest BCUT2D eigenvalue weighted by Crippen LogP contribution is -1.90. The first-order chi connectivity index (χ1) is 13.8. The SMILES string of the molecule is CCCCCCCCCCCC[SH](c1ccccc1)P(O)Sc1ccccc1. The standard InChI is InChI=1S/C24H37OPS2/c1-2-3-4-5-6-7-8-9-10-17-22-28(24-20-15-12-16-21-24)26(25)27-23-18-13-11-14-19-23/h11-16,18-21,25,28H,2-10,17,22H2,1H3. The number of benzene rings is 2. The van der Waals surface area contributed by atoms with Crippen LogP contribution in [0.25, 0.3) is 0 Å². The van der Waals surface area contributed by atoms with Crippen molar-refractivity contribution in [2.24, 2.45) is 0 Å². The summed E-state index contributed by atoms with van der Waals surface area (Å²) in [5, 5.41) is 0. The van der Waals surface area contributed by atoms with Crippen LogP contribution in [0.4, 0.5) is 0 Å². The second-order valence-electron chi connectivity index (χ2n) is 7.30. The Bertz CT molecular complexity index is 609. The van der Waals surface area contributed by atoms with Gasteiger partial charge in [-0.05, 0) is 41.3 Å². The van der Waals surface area contributed by atoms with E-state index >= 15 is 0 Å². The fraction of sp³-hybridized carbons (Fsp3) is 0.500. The smallest absolute Gasteiger partial charge is 0.137 e.